The van der Waals surface area contributed by atoms with Crippen molar-refractivity contribution in [2.75, 3.05) is 6.54 Å². The predicted octanol–water partition coefficient (Wildman–Crippen LogP) is 2.05. The van der Waals surface area contributed by atoms with Crippen molar-refractivity contribution in [3.8, 4) is 0 Å². The van der Waals surface area contributed by atoms with Crippen LogP contribution in [0.4, 0.5) is 4.79 Å². The van der Waals surface area contributed by atoms with Crippen LogP contribution in [0.1, 0.15) is 38.1 Å². The monoisotopic (exact) mass is 299 g/mol. The lowest BCUT2D eigenvalue weighted by molar-refractivity contribution is -0.139. The molecule has 0 radical (unpaired) electrons. The normalized spacial score (nSPS) is 13.8. The van der Waals surface area contributed by atoms with Crippen LogP contribution >= 0.6 is 11.3 Å². The summed E-state index contributed by atoms with van der Waals surface area (Å²) in [6.45, 7) is 6.22. The van der Waals surface area contributed by atoms with Crippen LogP contribution in [0, 0.1) is 5.92 Å². The number of carboxylic acid groups (broad SMARTS) is 1. The molecule has 0 aliphatic rings. The van der Waals surface area contributed by atoms with Gasteiger partial charge in [-0.2, -0.15) is 0 Å². The van der Waals surface area contributed by atoms with Crippen molar-refractivity contribution in [2.45, 2.75) is 39.2 Å². The Bertz CT molecular complexity index is 434. The van der Waals surface area contributed by atoms with Gasteiger partial charge in [-0.25, -0.2) is 14.6 Å². The fourth-order valence-corrected chi connectivity index (χ4v) is 2.41. The highest BCUT2D eigenvalue weighted by atomic mass is 32.1. The van der Waals surface area contributed by atoms with Gasteiger partial charge in [0.15, 0.2) is 0 Å². The third kappa shape index (κ3) is 5.56. The second kappa shape index (κ2) is 7.84. The van der Waals surface area contributed by atoms with Gasteiger partial charge in [0, 0.05) is 24.0 Å². The molecule has 1 heterocycles. The summed E-state index contributed by atoms with van der Waals surface area (Å²) in [6, 6.07) is -1.31. The van der Waals surface area contributed by atoms with Gasteiger partial charge in [-0.3, -0.25) is 0 Å². The molecule has 1 aromatic rings. The highest BCUT2D eigenvalue weighted by Crippen LogP contribution is 2.16. The number of urea groups is 1. The third-order valence-corrected chi connectivity index (χ3v) is 3.76. The van der Waals surface area contributed by atoms with Gasteiger partial charge in [-0.05, 0) is 12.3 Å². The molecule has 7 heteroatoms. The van der Waals surface area contributed by atoms with Gasteiger partial charge in [0.05, 0.1) is 5.01 Å². The van der Waals surface area contributed by atoms with Crippen molar-refractivity contribution in [2.24, 2.45) is 5.92 Å². The summed E-state index contributed by atoms with van der Waals surface area (Å²) in [5.41, 5.74) is 0. The molecular formula is C13H21N3O3S. The molecule has 0 bridgehead atoms. The minimum atomic E-state index is -1.01. The van der Waals surface area contributed by atoms with Crippen LogP contribution in [-0.4, -0.2) is 34.7 Å². The summed E-state index contributed by atoms with van der Waals surface area (Å²) in [5, 5.41) is 17.0. The third-order valence-electron chi connectivity index (χ3n) is 2.75. The zero-order valence-corrected chi connectivity index (χ0v) is 12.7. The Balaban J connectivity index is 2.40. The molecule has 112 valence electrons. The Morgan fingerprint density at radius 2 is 2.10 bits per heavy atom. The largest absolute Gasteiger partial charge is 0.480 e. The molecular weight excluding hydrogens is 278 g/mol. The van der Waals surface area contributed by atoms with E-state index in [4.69, 9.17) is 5.11 Å². The van der Waals surface area contributed by atoms with Crippen molar-refractivity contribution in [3.05, 3.63) is 16.6 Å². The Kier molecular flexibility index (Phi) is 6.44. The number of carbonyl (C=O) groups excluding carboxylic acids is 1. The zero-order chi connectivity index (χ0) is 15.1. The van der Waals surface area contributed by atoms with E-state index in [0.29, 0.717) is 13.0 Å². The lowest BCUT2D eigenvalue weighted by atomic mass is 10.0. The molecule has 6 nitrogen and oxygen atoms in total. The summed E-state index contributed by atoms with van der Waals surface area (Å²) in [6.07, 6.45) is 2.13. The maximum absolute atomic E-state index is 11.7. The average Bonchev–Trinajstić information content (AvgIpc) is 2.88. The highest BCUT2D eigenvalue weighted by Gasteiger charge is 2.21. The minimum Gasteiger partial charge on any atom is -0.480 e. The number of nitrogens with one attached hydrogen (secondary N) is 2. The number of carboxylic acids is 1. The molecule has 0 aromatic carbocycles. The summed E-state index contributed by atoms with van der Waals surface area (Å²) >= 11 is 1.53. The molecule has 0 fully saturated rings. The Labute approximate surface area is 122 Å². The molecule has 0 spiro atoms. The first-order valence-corrected chi connectivity index (χ1v) is 7.44. The van der Waals surface area contributed by atoms with Gasteiger partial charge < -0.3 is 15.7 Å². The van der Waals surface area contributed by atoms with Crippen molar-refractivity contribution >= 4 is 23.3 Å². The number of carbonyl (C=O) groups is 2. The van der Waals surface area contributed by atoms with E-state index < -0.39 is 18.0 Å². The average molecular weight is 299 g/mol. The number of nitrogens with zero attached hydrogens (tertiary/aromatic N) is 1. The number of hydrogen-bond acceptors (Lipinski definition) is 4. The number of thiazole rings is 1. The van der Waals surface area contributed by atoms with Gasteiger partial charge >= 0.3 is 12.0 Å². The topological polar surface area (TPSA) is 91.3 Å². The fourth-order valence-electron chi connectivity index (χ4n) is 1.71. The molecule has 2 atom stereocenters. The molecule has 1 aromatic heterocycles. The number of rotatable bonds is 7. The summed E-state index contributed by atoms with van der Waals surface area (Å²) in [5.74, 6) is -0.707. The number of amides is 2. The van der Waals surface area contributed by atoms with Gasteiger partial charge in [-0.1, -0.05) is 20.8 Å². The van der Waals surface area contributed by atoms with E-state index >= 15 is 0 Å². The SMILES string of the molecule is CC(C)C[C@@H](NC(=O)NCC(C)c1nccs1)C(=O)O. The Morgan fingerprint density at radius 1 is 1.40 bits per heavy atom. The van der Waals surface area contributed by atoms with Crippen LogP contribution in [0.15, 0.2) is 11.6 Å². The molecule has 0 aliphatic carbocycles. The first-order valence-electron chi connectivity index (χ1n) is 6.56. The second-order valence-corrected chi connectivity index (χ2v) is 6.07. The highest BCUT2D eigenvalue weighted by molar-refractivity contribution is 7.09. The van der Waals surface area contributed by atoms with E-state index in [1.165, 1.54) is 11.3 Å². The van der Waals surface area contributed by atoms with Crippen molar-refractivity contribution in [1.82, 2.24) is 15.6 Å². The molecule has 20 heavy (non-hydrogen) atoms. The van der Waals surface area contributed by atoms with Gasteiger partial charge in [0.1, 0.15) is 6.04 Å². The van der Waals surface area contributed by atoms with Crippen LogP contribution in [0.25, 0.3) is 0 Å². The smallest absolute Gasteiger partial charge is 0.326 e. The van der Waals surface area contributed by atoms with Gasteiger partial charge in [0.2, 0.25) is 0 Å². The number of aromatic nitrogens is 1. The molecule has 1 unspecified atom stereocenters. The van der Waals surface area contributed by atoms with Crippen molar-refractivity contribution in [1.29, 1.82) is 0 Å². The zero-order valence-electron chi connectivity index (χ0n) is 11.9. The van der Waals surface area contributed by atoms with E-state index in [1.807, 2.05) is 26.2 Å². The maximum atomic E-state index is 11.7. The maximum Gasteiger partial charge on any atom is 0.326 e. The van der Waals surface area contributed by atoms with Crippen molar-refractivity contribution < 1.29 is 14.7 Å². The Hall–Kier alpha value is -1.63. The second-order valence-electron chi connectivity index (χ2n) is 5.15. The van der Waals surface area contributed by atoms with E-state index in [2.05, 4.69) is 15.6 Å². The number of hydrogen-bond donors (Lipinski definition) is 3. The van der Waals surface area contributed by atoms with E-state index in [0.717, 1.165) is 5.01 Å². The molecule has 0 saturated carbocycles. The van der Waals surface area contributed by atoms with Crippen molar-refractivity contribution in [3.63, 3.8) is 0 Å². The van der Waals surface area contributed by atoms with Crippen LogP contribution in [0.2, 0.25) is 0 Å². The van der Waals surface area contributed by atoms with Gasteiger partial charge in [-0.15, -0.1) is 11.3 Å². The fraction of sp³-hybridized carbons (Fsp3) is 0.615. The van der Waals surface area contributed by atoms with Crippen LogP contribution < -0.4 is 10.6 Å². The lowest BCUT2D eigenvalue weighted by Gasteiger charge is -2.17. The van der Waals surface area contributed by atoms with E-state index in [9.17, 15) is 9.59 Å². The molecule has 1 rings (SSSR count). The summed E-state index contributed by atoms with van der Waals surface area (Å²) in [4.78, 5) is 26.9. The van der Waals surface area contributed by atoms with Gasteiger partial charge in [0.25, 0.3) is 0 Å². The number of aliphatic carboxylic acids is 1. The summed E-state index contributed by atoms with van der Waals surface area (Å²) in [7, 11) is 0. The van der Waals surface area contributed by atoms with Crippen LogP contribution in [0.5, 0.6) is 0 Å². The van der Waals surface area contributed by atoms with E-state index in [-0.39, 0.29) is 11.8 Å². The van der Waals surface area contributed by atoms with Crippen LogP contribution in [-0.2, 0) is 4.79 Å². The first kappa shape index (κ1) is 16.4. The first-order chi connectivity index (χ1) is 9.40. The lowest BCUT2D eigenvalue weighted by Crippen LogP contribution is -2.47. The Morgan fingerprint density at radius 3 is 2.60 bits per heavy atom. The molecule has 3 N–H and O–H groups in total. The quantitative estimate of drug-likeness (QED) is 0.718. The summed E-state index contributed by atoms with van der Waals surface area (Å²) < 4.78 is 0. The molecule has 0 aliphatic heterocycles. The van der Waals surface area contributed by atoms with E-state index in [1.54, 1.807) is 6.20 Å². The minimum absolute atomic E-state index is 0.106. The van der Waals surface area contributed by atoms with Crippen LogP contribution in [0.3, 0.4) is 0 Å². The molecule has 0 saturated heterocycles. The molecule has 2 amide bonds. The predicted molar refractivity (Wildman–Crippen MR) is 77.9 cm³/mol. The standard InChI is InChI=1S/C13H21N3O3S/c1-8(2)6-10(12(17)18)16-13(19)15-7-9(3)11-14-4-5-20-11/h4-5,8-10H,6-7H2,1-3H3,(H,17,18)(H2,15,16,19)/t9?,10-/m1/s1.